The molecule has 0 aliphatic carbocycles. The molecule has 0 spiro atoms. The fraction of sp³-hybridized carbons (Fsp3) is 0.190. The predicted octanol–water partition coefficient (Wildman–Crippen LogP) is 4.44. The summed E-state index contributed by atoms with van der Waals surface area (Å²) in [5.74, 6) is -0.162. The van der Waals surface area contributed by atoms with Crippen LogP contribution in [0.5, 0.6) is 5.75 Å². The van der Waals surface area contributed by atoms with E-state index >= 15 is 0 Å². The molecule has 3 aromatic rings. The highest BCUT2D eigenvalue weighted by Gasteiger charge is 2.24. The van der Waals surface area contributed by atoms with E-state index in [0.29, 0.717) is 23.4 Å². The van der Waals surface area contributed by atoms with Crippen LogP contribution in [0.25, 0.3) is 11.3 Å². The van der Waals surface area contributed by atoms with Crippen molar-refractivity contribution < 1.29 is 14.5 Å². The zero-order valence-corrected chi connectivity index (χ0v) is 15.9. The molecule has 1 aromatic heterocycles. The van der Waals surface area contributed by atoms with Crippen molar-refractivity contribution in [2.45, 2.75) is 13.3 Å². The van der Waals surface area contributed by atoms with E-state index < -0.39 is 10.9 Å². The number of H-pyrrole nitrogens is 1. The Balaban J connectivity index is 1.97. The second-order valence-corrected chi connectivity index (χ2v) is 6.49. The highest BCUT2D eigenvalue weighted by Crippen LogP contribution is 2.32. The summed E-state index contributed by atoms with van der Waals surface area (Å²) in [7, 11) is 3.85. The number of para-hydroxylation sites is 1. The number of nitro benzene ring substituents is 1. The third-order valence-electron chi connectivity index (χ3n) is 4.41. The Morgan fingerprint density at radius 2 is 1.82 bits per heavy atom. The van der Waals surface area contributed by atoms with E-state index in [9.17, 15) is 14.9 Å². The maximum Gasteiger partial charge on any atom is 0.345 e. The molecule has 0 fully saturated rings. The number of benzene rings is 2. The summed E-state index contributed by atoms with van der Waals surface area (Å²) in [5.41, 5.74) is 2.71. The average Bonchev–Trinajstić information content (AvgIpc) is 3.13. The zero-order valence-electron chi connectivity index (χ0n) is 15.9. The lowest BCUT2D eigenvalue weighted by Gasteiger charge is -2.12. The average molecular weight is 379 g/mol. The molecule has 0 amide bonds. The predicted molar refractivity (Wildman–Crippen MR) is 108 cm³/mol. The molecule has 0 atom stereocenters. The number of nitrogens with one attached hydrogen (secondary N) is 1. The van der Waals surface area contributed by atoms with Crippen molar-refractivity contribution in [3.63, 3.8) is 0 Å². The maximum atomic E-state index is 12.8. The quantitative estimate of drug-likeness (QED) is 0.296. The summed E-state index contributed by atoms with van der Waals surface area (Å²) < 4.78 is 5.51. The van der Waals surface area contributed by atoms with Crippen molar-refractivity contribution in [2.75, 3.05) is 19.0 Å². The number of hydrogen-bond donors (Lipinski definition) is 1. The van der Waals surface area contributed by atoms with Crippen LogP contribution in [0.3, 0.4) is 0 Å². The molecule has 1 heterocycles. The van der Waals surface area contributed by atoms with Gasteiger partial charge in [-0.25, -0.2) is 4.79 Å². The Kier molecular flexibility index (Phi) is 5.44. The number of nitrogens with zero attached hydrogens (tertiary/aromatic N) is 2. The highest BCUT2D eigenvalue weighted by atomic mass is 16.6. The standard InChI is InChI=1S/C21H21N3O4/c1-4-14-13-18(20(22-14)17-7-5-6-8-19(17)24(26)27)21(25)28-16-11-9-15(10-12-16)23(2)3/h5-13,22H,4H2,1-3H3. The van der Waals surface area contributed by atoms with Crippen molar-refractivity contribution in [3.05, 3.63) is 76.0 Å². The van der Waals surface area contributed by atoms with Crippen LogP contribution in [-0.2, 0) is 6.42 Å². The molecule has 3 rings (SSSR count). The number of aromatic nitrogens is 1. The largest absolute Gasteiger partial charge is 0.423 e. The Bertz CT molecular complexity index is 1010. The van der Waals surface area contributed by atoms with Gasteiger partial charge in [0.1, 0.15) is 5.75 Å². The van der Waals surface area contributed by atoms with Crippen LogP contribution in [0, 0.1) is 10.1 Å². The molecule has 28 heavy (non-hydrogen) atoms. The molecule has 0 saturated carbocycles. The minimum Gasteiger partial charge on any atom is -0.423 e. The van der Waals surface area contributed by atoms with Crippen LogP contribution in [0.4, 0.5) is 11.4 Å². The summed E-state index contributed by atoms with van der Waals surface area (Å²) in [6.45, 7) is 1.93. The Hall–Kier alpha value is -3.61. The van der Waals surface area contributed by atoms with E-state index in [1.54, 1.807) is 36.4 Å². The van der Waals surface area contributed by atoms with Crippen molar-refractivity contribution >= 4 is 17.3 Å². The molecule has 7 heteroatoms. The van der Waals surface area contributed by atoms with Gasteiger partial charge in [0.2, 0.25) is 0 Å². The van der Waals surface area contributed by atoms with Gasteiger partial charge in [-0.05, 0) is 42.8 Å². The second-order valence-electron chi connectivity index (χ2n) is 6.49. The molecule has 1 N–H and O–H groups in total. The summed E-state index contributed by atoms with van der Waals surface area (Å²) >= 11 is 0. The molecule has 7 nitrogen and oxygen atoms in total. The van der Waals surface area contributed by atoms with Gasteiger partial charge in [0.25, 0.3) is 5.69 Å². The number of rotatable bonds is 6. The van der Waals surface area contributed by atoms with Crippen LogP contribution in [-0.4, -0.2) is 30.0 Å². The number of hydrogen-bond acceptors (Lipinski definition) is 5. The third-order valence-corrected chi connectivity index (χ3v) is 4.41. The summed E-state index contributed by atoms with van der Waals surface area (Å²) in [4.78, 5) is 28.8. The van der Waals surface area contributed by atoms with Crippen molar-refractivity contribution in [3.8, 4) is 17.0 Å². The monoisotopic (exact) mass is 379 g/mol. The Morgan fingerprint density at radius 3 is 2.43 bits per heavy atom. The van der Waals surface area contributed by atoms with Crippen LogP contribution in [0.15, 0.2) is 54.6 Å². The van der Waals surface area contributed by atoms with Gasteiger partial charge in [-0.2, -0.15) is 0 Å². The van der Waals surface area contributed by atoms with Gasteiger partial charge in [0.05, 0.1) is 21.7 Å². The topological polar surface area (TPSA) is 88.5 Å². The molecule has 0 aliphatic heterocycles. The van der Waals surface area contributed by atoms with Gasteiger partial charge < -0.3 is 14.6 Å². The number of carbonyl (C=O) groups is 1. The minimum atomic E-state index is -0.568. The van der Waals surface area contributed by atoms with Gasteiger partial charge in [-0.3, -0.25) is 10.1 Å². The van der Waals surface area contributed by atoms with E-state index in [1.807, 2.05) is 38.1 Å². The van der Waals surface area contributed by atoms with Gasteiger partial charge in [0, 0.05) is 31.5 Å². The number of anilines is 1. The van der Waals surface area contributed by atoms with E-state index in [-0.39, 0.29) is 11.3 Å². The molecule has 0 bridgehead atoms. The van der Waals surface area contributed by atoms with Crippen LogP contribution in [0.2, 0.25) is 0 Å². The van der Waals surface area contributed by atoms with E-state index in [4.69, 9.17) is 4.74 Å². The number of esters is 1. The first-order chi connectivity index (χ1) is 13.4. The molecular weight excluding hydrogens is 358 g/mol. The number of aromatic amines is 1. The first kappa shape index (κ1) is 19.2. The highest BCUT2D eigenvalue weighted by molar-refractivity contribution is 5.99. The number of carbonyl (C=O) groups excluding carboxylic acids is 1. The lowest BCUT2D eigenvalue weighted by Crippen LogP contribution is -2.10. The third kappa shape index (κ3) is 3.88. The molecular formula is C21H21N3O4. The van der Waals surface area contributed by atoms with Gasteiger partial charge >= 0.3 is 5.97 Å². The van der Waals surface area contributed by atoms with E-state index in [0.717, 1.165) is 11.4 Å². The van der Waals surface area contributed by atoms with Crippen LogP contribution >= 0.6 is 0 Å². The first-order valence-electron chi connectivity index (χ1n) is 8.86. The fourth-order valence-corrected chi connectivity index (χ4v) is 2.89. The molecule has 0 saturated heterocycles. The smallest absolute Gasteiger partial charge is 0.345 e. The normalized spacial score (nSPS) is 10.5. The molecule has 144 valence electrons. The van der Waals surface area contributed by atoms with Crippen molar-refractivity contribution in [1.82, 2.24) is 4.98 Å². The van der Waals surface area contributed by atoms with Gasteiger partial charge in [-0.15, -0.1) is 0 Å². The Labute approximate surface area is 162 Å². The SMILES string of the molecule is CCc1cc(C(=O)Oc2ccc(N(C)C)cc2)c(-c2ccccc2[N+](=O)[O-])[nH]1. The number of ether oxygens (including phenoxy) is 1. The number of aryl methyl sites for hydroxylation is 1. The molecule has 0 unspecified atom stereocenters. The van der Waals surface area contributed by atoms with Crippen LogP contribution in [0.1, 0.15) is 23.0 Å². The fourth-order valence-electron chi connectivity index (χ4n) is 2.89. The summed E-state index contributed by atoms with van der Waals surface area (Å²) in [6.07, 6.45) is 0.651. The van der Waals surface area contributed by atoms with Crippen molar-refractivity contribution in [1.29, 1.82) is 0 Å². The van der Waals surface area contributed by atoms with Crippen LogP contribution < -0.4 is 9.64 Å². The van der Waals surface area contributed by atoms with Crippen molar-refractivity contribution in [2.24, 2.45) is 0 Å². The molecule has 2 aromatic carbocycles. The molecule has 0 aliphatic rings. The summed E-state index contributed by atoms with van der Waals surface area (Å²) in [5, 5.41) is 11.4. The lowest BCUT2D eigenvalue weighted by molar-refractivity contribution is -0.384. The van der Waals surface area contributed by atoms with Gasteiger partial charge in [0.15, 0.2) is 0 Å². The maximum absolute atomic E-state index is 12.8. The van der Waals surface area contributed by atoms with E-state index in [1.165, 1.54) is 6.07 Å². The minimum absolute atomic E-state index is 0.0728. The number of nitro groups is 1. The lowest BCUT2D eigenvalue weighted by atomic mass is 10.1. The zero-order chi connectivity index (χ0) is 20.3. The van der Waals surface area contributed by atoms with Gasteiger partial charge in [-0.1, -0.05) is 19.1 Å². The molecule has 0 radical (unpaired) electrons. The first-order valence-corrected chi connectivity index (χ1v) is 8.86. The second kappa shape index (κ2) is 7.96. The van der Waals surface area contributed by atoms with E-state index in [2.05, 4.69) is 4.98 Å². The Morgan fingerprint density at radius 1 is 1.14 bits per heavy atom. The summed E-state index contributed by atoms with van der Waals surface area (Å²) in [6, 6.07) is 15.1.